The summed E-state index contributed by atoms with van der Waals surface area (Å²) in [7, 11) is 1.72. The van der Waals surface area contributed by atoms with Crippen molar-refractivity contribution in [2.75, 3.05) is 13.7 Å². The summed E-state index contributed by atoms with van der Waals surface area (Å²) in [6.07, 6.45) is 4.81. The second-order valence-corrected chi connectivity index (χ2v) is 5.55. The molecule has 0 heterocycles. The topological polar surface area (TPSA) is 21.3 Å². The van der Waals surface area contributed by atoms with Crippen molar-refractivity contribution < 1.29 is 4.74 Å². The van der Waals surface area contributed by atoms with Crippen LogP contribution in [0.4, 0.5) is 0 Å². The van der Waals surface area contributed by atoms with Gasteiger partial charge in [-0.05, 0) is 55.8 Å². The van der Waals surface area contributed by atoms with E-state index in [0.717, 1.165) is 18.7 Å². The molecule has 0 saturated heterocycles. The van der Waals surface area contributed by atoms with Crippen LogP contribution in [0.5, 0.6) is 5.75 Å². The zero-order chi connectivity index (χ0) is 14.1. The van der Waals surface area contributed by atoms with Crippen LogP contribution in [0.2, 0.25) is 0 Å². The van der Waals surface area contributed by atoms with E-state index >= 15 is 0 Å². The Hall–Kier alpha value is -1.02. The molecule has 0 aromatic heterocycles. The van der Waals surface area contributed by atoms with Crippen LogP contribution in [0.1, 0.15) is 45.6 Å². The lowest BCUT2D eigenvalue weighted by Gasteiger charge is -2.22. The highest BCUT2D eigenvalue weighted by Crippen LogP contribution is 2.16. The largest absolute Gasteiger partial charge is 0.497 e. The molecule has 0 spiro atoms. The lowest BCUT2D eigenvalue weighted by Crippen LogP contribution is -2.34. The number of nitrogens with one attached hydrogen (secondary N) is 1. The van der Waals surface area contributed by atoms with Gasteiger partial charge in [-0.15, -0.1) is 0 Å². The second kappa shape index (κ2) is 8.98. The van der Waals surface area contributed by atoms with Gasteiger partial charge >= 0.3 is 0 Å². The van der Waals surface area contributed by atoms with E-state index in [1.54, 1.807) is 7.11 Å². The Morgan fingerprint density at radius 2 is 2.05 bits per heavy atom. The molecule has 0 aliphatic rings. The van der Waals surface area contributed by atoms with Crippen molar-refractivity contribution in [3.05, 3.63) is 29.8 Å². The maximum Gasteiger partial charge on any atom is 0.119 e. The van der Waals surface area contributed by atoms with E-state index < -0.39 is 0 Å². The molecule has 19 heavy (non-hydrogen) atoms. The van der Waals surface area contributed by atoms with Gasteiger partial charge in [0, 0.05) is 6.04 Å². The molecule has 0 radical (unpaired) electrons. The first-order chi connectivity index (χ1) is 9.17. The third kappa shape index (κ3) is 6.11. The number of methoxy groups -OCH3 is 1. The van der Waals surface area contributed by atoms with Gasteiger partial charge in [0.1, 0.15) is 5.75 Å². The number of rotatable bonds is 9. The van der Waals surface area contributed by atoms with E-state index in [-0.39, 0.29) is 0 Å². The number of aryl methyl sites for hydroxylation is 1. The summed E-state index contributed by atoms with van der Waals surface area (Å²) in [5.41, 5.74) is 1.37. The molecule has 0 aliphatic heterocycles. The van der Waals surface area contributed by atoms with E-state index in [4.69, 9.17) is 4.74 Å². The summed E-state index contributed by atoms with van der Waals surface area (Å²) < 4.78 is 5.26. The summed E-state index contributed by atoms with van der Waals surface area (Å²) in [5, 5.41) is 3.65. The van der Waals surface area contributed by atoms with Gasteiger partial charge < -0.3 is 10.1 Å². The predicted molar refractivity (Wildman–Crippen MR) is 82.9 cm³/mol. The number of ether oxygens (including phenoxy) is 1. The first-order valence-electron chi connectivity index (χ1n) is 7.53. The van der Waals surface area contributed by atoms with Gasteiger partial charge in [-0.3, -0.25) is 0 Å². The molecule has 0 saturated carbocycles. The third-order valence-corrected chi connectivity index (χ3v) is 3.58. The maximum atomic E-state index is 5.26. The Labute approximate surface area is 118 Å². The fourth-order valence-electron chi connectivity index (χ4n) is 2.35. The summed E-state index contributed by atoms with van der Waals surface area (Å²) in [6, 6.07) is 9.05. The zero-order valence-corrected chi connectivity index (χ0v) is 12.9. The van der Waals surface area contributed by atoms with Crippen LogP contribution in [0.3, 0.4) is 0 Å². The van der Waals surface area contributed by atoms with Crippen molar-refractivity contribution in [2.45, 2.75) is 52.5 Å². The first-order valence-corrected chi connectivity index (χ1v) is 7.53. The van der Waals surface area contributed by atoms with Crippen LogP contribution in [-0.2, 0) is 6.42 Å². The van der Waals surface area contributed by atoms with E-state index in [9.17, 15) is 0 Å². The summed E-state index contributed by atoms with van der Waals surface area (Å²) in [4.78, 5) is 0. The Morgan fingerprint density at radius 1 is 1.26 bits per heavy atom. The molecule has 1 unspecified atom stereocenters. The van der Waals surface area contributed by atoms with Gasteiger partial charge in [0.2, 0.25) is 0 Å². The van der Waals surface area contributed by atoms with Crippen molar-refractivity contribution in [3.63, 3.8) is 0 Å². The van der Waals surface area contributed by atoms with E-state index in [2.05, 4.69) is 44.3 Å². The maximum absolute atomic E-state index is 5.26. The lowest BCUT2D eigenvalue weighted by atomic mass is 9.96. The van der Waals surface area contributed by atoms with Crippen LogP contribution in [0.15, 0.2) is 24.3 Å². The van der Waals surface area contributed by atoms with Crippen LogP contribution in [0.25, 0.3) is 0 Å². The zero-order valence-electron chi connectivity index (χ0n) is 12.9. The van der Waals surface area contributed by atoms with Gasteiger partial charge in [-0.25, -0.2) is 0 Å². The van der Waals surface area contributed by atoms with E-state index in [1.165, 1.54) is 24.8 Å². The fourth-order valence-corrected chi connectivity index (χ4v) is 2.35. The highest BCUT2D eigenvalue weighted by atomic mass is 16.5. The van der Waals surface area contributed by atoms with Crippen molar-refractivity contribution in [1.29, 1.82) is 0 Å². The van der Waals surface area contributed by atoms with Crippen molar-refractivity contribution in [3.8, 4) is 5.75 Å². The van der Waals surface area contributed by atoms with Crippen molar-refractivity contribution >= 4 is 0 Å². The fraction of sp³-hybridized carbons (Fsp3) is 0.647. The Morgan fingerprint density at radius 3 is 2.68 bits per heavy atom. The lowest BCUT2D eigenvalue weighted by molar-refractivity contribution is 0.370. The van der Waals surface area contributed by atoms with Crippen LogP contribution in [0, 0.1) is 5.92 Å². The Balaban J connectivity index is 2.38. The Kier molecular flexibility index (Phi) is 7.57. The summed E-state index contributed by atoms with van der Waals surface area (Å²) in [5.74, 6) is 1.67. The molecular formula is C17H29NO. The van der Waals surface area contributed by atoms with Gasteiger partial charge in [0.15, 0.2) is 0 Å². The number of hydrogen-bond acceptors (Lipinski definition) is 2. The molecule has 0 bridgehead atoms. The Bertz CT molecular complexity index is 349. The van der Waals surface area contributed by atoms with Crippen molar-refractivity contribution in [2.24, 2.45) is 5.92 Å². The molecule has 1 aromatic carbocycles. The molecule has 1 aromatic rings. The molecule has 2 heteroatoms. The average Bonchev–Trinajstić information content (AvgIpc) is 2.42. The molecule has 0 aliphatic carbocycles. The van der Waals surface area contributed by atoms with E-state index in [0.29, 0.717) is 12.0 Å². The summed E-state index contributed by atoms with van der Waals surface area (Å²) in [6.45, 7) is 7.96. The monoisotopic (exact) mass is 263 g/mol. The van der Waals surface area contributed by atoms with Crippen LogP contribution >= 0.6 is 0 Å². The smallest absolute Gasteiger partial charge is 0.119 e. The SMILES string of the molecule is CCCNC(CCCc1cccc(OC)c1)C(C)C. The molecule has 0 amide bonds. The quantitative estimate of drug-likeness (QED) is 0.726. The molecule has 2 nitrogen and oxygen atoms in total. The van der Waals surface area contributed by atoms with Crippen LogP contribution < -0.4 is 10.1 Å². The van der Waals surface area contributed by atoms with Crippen molar-refractivity contribution in [1.82, 2.24) is 5.32 Å². The minimum Gasteiger partial charge on any atom is -0.497 e. The molecule has 0 fully saturated rings. The van der Waals surface area contributed by atoms with Crippen LogP contribution in [-0.4, -0.2) is 19.7 Å². The van der Waals surface area contributed by atoms with Gasteiger partial charge in [0.25, 0.3) is 0 Å². The molecular weight excluding hydrogens is 234 g/mol. The average molecular weight is 263 g/mol. The van der Waals surface area contributed by atoms with Gasteiger partial charge in [0.05, 0.1) is 7.11 Å². The molecule has 1 rings (SSSR count). The predicted octanol–water partition coefficient (Wildman–Crippen LogP) is 4.04. The summed E-state index contributed by atoms with van der Waals surface area (Å²) >= 11 is 0. The number of hydrogen-bond donors (Lipinski definition) is 1. The molecule has 1 atom stereocenters. The normalized spacial score (nSPS) is 12.7. The molecule has 108 valence electrons. The highest BCUT2D eigenvalue weighted by Gasteiger charge is 2.11. The van der Waals surface area contributed by atoms with Gasteiger partial charge in [-0.2, -0.15) is 0 Å². The highest BCUT2D eigenvalue weighted by molar-refractivity contribution is 5.28. The standard InChI is InChI=1S/C17H29NO/c1-5-12-18-17(14(2)3)11-7-9-15-8-6-10-16(13-15)19-4/h6,8,10,13-14,17-18H,5,7,9,11-12H2,1-4H3. The van der Waals surface area contributed by atoms with Gasteiger partial charge in [-0.1, -0.05) is 32.9 Å². The first kappa shape index (κ1) is 16.0. The minimum atomic E-state index is 0.644. The third-order valence-electron chi connectivity index (χ3n) is 3.58. The molecule has 1 N–H and O–H groups in total. The van der Waals surface area contributed by atoms with E-state index in [1.807, 2.05) is 6.07 Å². The number of benzene rings is 1. The minimum absolute atomic E-state index is 0.644. The second-order valence-electron chi connectivity index (χ2n) is 5.55.